The van der Waals surface area contributed by atoms with Crippen LogP contribution in [0.15, 0.2) is 24.5 Å². The summed E-state index contributed by atoms with van der Waals surface area (Å²) < 4.78 is 0. The molecule has 0 aliphatic carbocycles. The molecule has 2 unspecified atom stereocenters. The number of piperazine rings is 1. The van der Waals surface area contributed by atoms with Gasteiger partial charge in [0, 0.05) is 44.1 Å². The first kappa shape index (κ1) is 13.0. The van der Waals surface area contributed by atoms with Crippen LogP contribution in [0.1, 0.15) is 18.9 Å². The molecule has 2 atom stereocenters. The number of pyridine rings is 1. The van der Waals surface area contributed by atoms with Crippen molar-refractivity contribution in [2.24, 2.45) is 0 Å². The molecule has 1 fully saturated rings. The van der Waals surface area contributed by atoms with Gasteiger partial charge in [0.25, 0.3) is 0 Å². The highest BCUT2D eigenvalue weighted by molar-refractivity contribution is 5.67. The van der Waals surface area contributed by atoms with Gasteiger partial charge in [-0.1, -0.05) is 0 Å². The highest BCUT2D eigenvalue weighted by atomic mass is 16.4. The van der Waals surface area contributed by atoms with Gasteiger partial charge in [0.15, 0.2) is 0 Å². The summed E-state index contributed by atoms with van der Waals surface area (Å²) in [5, 5.41) is 12.1. The highest BCUT2D eigenvalue weighted by Gasteiger charge is 2.26. The van der Waals surface area contributed by atoms with E-state index in [2.05, 4.69) is 22.1 Å². The van der Waals surface area contributed by atoms with Crippen molar-refractivity contribution in [1.82, 2.24) is 15.2 Å². The molecule has 1 aromatic heterocycles. The largest absolute Gasteiger partial charge is 0.481 e. The molecule has 0 amide bonds. The van der Waals surface area contributed by atoms with Crippen LogP contribution < -0.4 is 5.32 Å². The Hall–Kier alpha value is -1.46. The summed E-state index contributed by atoms with van der Waals surface area (Å²) in [4.78, 5) is 17.1. The first-order valence-electron chi connectivity index (χ1n) is 6.23. The fraction of sp³-hybridized carbons (Fsp3) is 0.538. The minimum atomic E-state index is -0.745. The van der Waals surface area contributed by atoms with E-state index < -0.39 is 5.97 Å². The summed E-state index contributed by atoms with van der Waals surface area (Å²) in [6.45, 7) is 4.62. The molecule has 98 valence electrons. The highest BCUT2D eigenvalue weighted by Crippen LogP contribution is 2.13. The van der Waals surface area contributed by atoms with E-state index in [4.69, 9.17) is 5.11 Å². The van der Waals surface area contributed by atoms with Gasteiger partial charge in [0.1, 0.15) is 0 Å². The number of aliphatic carboxylic acids is 1. The molecular formula is C13H19N3O2. The number of hydrogen-bond acceptors (Lipinski definition) is 4. The van der Waals surface area contributed by atoms with Gasteiger partial charge in [-0.3, -0.25) is 14.7 Å². The topological polar surface area (TPSA) is 65.5 Å². The van der Waals surface area contributed by atoms with Gasteiger partial charge in [0.05, 0.1) is 6.42 Å². The Morgan fingerprint density at radius 3 is 2.94 bits per heavy atom. The van der Waals surface area contributed by atoms with Gasteiger partial charge in [-0.15, -0.1) is 0 Å². The number of rotatable bonds is 4. The van der Waals surface area contributed by atoms with Gasteiger partial charge in [-0.05, 0) is 24.6 Å². The molecule has 1 aromatic rings. The summed E-state index contributed by atoms with van der Waals surface area (Å²) in [6.07, 6.45) is 3.76. The molecular weight excluding hydrogens is 230 g/mol. The summed E-state index contributed by atoms with van der Waals surface area (Å²) in [5.74, 6) is -0.745. The van der Waals surface area contributed by atoms with E-state index >= 15 is 0 Å². The first-order chi connectivity index (χ1) is 8.65. The summed E-state index contributed by atoms with van der Waals surface area (Å²) in [6, 6.07) is 4.46. The van der Waals surface area contributed by atoms with E-state index in [0.717, 1.165) is 19.6 Å². The van der Waals surface area contributed by atoms with Crippen LogP contribution >= 0.6 is 0 Å². The third-order valence-electron chi connectivity index (χ3n) is 3.34. The summed E-state index contributed by atoms with van der Waals surface area (Å²) in [5.41, 5.74) is 1.22. The maximum absolute atomic E-state index is 10.7. The van der Waals surface area contributed by atoms with Crippen molar-refractivity contribution in [3.63, 3.8) is 0 Å². The van der Waals surface area contributed by atoms with E-state index in [0.29, 0.717) is 6.04 Å². The molecule has 0 radical (unpaired) electrons. The maximum Gasteiger partial charge on any atom is 0.304 e. The monoisotopic (exact) mass is 249 g/mol. The first-order valence-corrected chi connectivity index (χ1v) is 6.23. The standard InChI is InChI=1S/C13H19N3O2/c1-10-7-15-12(6-13(17)18)9-16(10)8-11-2-4-14-5-3-11/h2-5,10,12,15H,6-9H2,1H3,(H,17,18). The number of hydrogen-bond donors (Lipinski definition) is 2. The molecule has 0 saturated carbocycles. The lowest BCUT2D eigenvalue weighted by atomic mass is 10.1. The molecule has 2 N–H and O–H groups in total. The Labute approximate surface area is 107 Å². The summed E-state index contributed by atoms with van der Waals surface area (Å²) >= 11 is 0. The zero-order valence-corrected chi connectivity index (χ0v) is 10.5. The van der Waals surface area contributed by atoms with Gasteiger partial charge < -0.3 is 10.4 Å². The van der Waals surface area contributed by atoms with Crippen molar-refractivity contribution in [2.75, 3.05) is 13.1 Å². The van der Waals surface area contributed by atoms with E-state index in [1.54, 1.807) is 12.4 Å². The molecule has 2 heterocycles. The Balaban J connectivity index is 1.95. The van der Waals surface area contributed by atoms with Gasteiger partial charge in [0.2, 0.25) is 0 Å². The Kier molecular flexibility index (Phi) is 4.28. The SMILES string of the molecule is CC1CNC(CC(=O)O)CN1Cc1ccncc1. The van der Waals surface area contributed by atoms with Crippen LogP contribution in [0.25, 0.3) is 0 Å². The van der Waals surface area contributed by atoms with Gasteiger partial charge in [-0.2, -0.15) is 0 Å². The Morgan fingerprint density at radius 1 is 1.56 bits per heavy atom. The minimum absolute atomic E-state index is 0.0422. The predicted octanol–water partition coefficient (Wildman–Crippen LogP) is 0.719. The quantitative estimate of drug-likeness (QED) is 0.823. The zero-order valence-electron chi connectivity index (χ0n) is 10.5. The average Bonchev–Trinajstić information content (AvgIpc) is 2.34. The molecule has 0 spiro atoms. The number of carbonyl (C=O) groups is 1. The average molecular weight is 249 g/mol. The van der Waals surface area contributed by atoms with Crippen molar-refractivity contribution in [3.8, 4) is 0 Å². The Bertz CT molecular complexity index is 396. The number of nitrogens with zero attached hydrogens (tertiary/aromatic N) is 2. The van der Waals surface area contributed by atoms with Crippen LogP contribution in [0, 0.1) is 0 Å². The smallest absolute Gasteiger partial charge is 0.304 e. The number of aromatic nitrogens is 1. The van der Waals surface area contributed by atoms with Crippen LogP contribution in [0.3, 0.4) is 0 Å². The fourth-order valence-corrected chi connectivity index (χ4v) is 2.28. The predicted molar refractivity (Wildman–Crippen MR) is 68.2 cm³/mol. The molecule has 5 nitrogen and oxygen atoms in total. The zero-order chi connectivity index (χ0) is 13.0. The third-order valence-corrected chi connectivity index (χ3v) is 3.34. The van der Waals surface area contributed by atoms with Crippen LogP contribution in [0.2, 0.25) is 0 Å². The van der Waals surface area contributed by atoms with Crippen LogP contribution in [-0.4, -0.2) is 46.1 Å². The van der Waals surface area contributed by atoms with Crippen LogP contribution in [0.4, 0.5) is 0 Å². The fourth-order valence-electron chi connectivity index (χ4n) is 2.28. The van der Waals surface area contributed by atoms with Crippen molar-refractivity contribution >= 4 is 5.97 Å². The molecule has 5 heteroatoms. The number of nitrogens with one attached hydrogen (secondary N) is 1. The maximum atomic E-state index is 10.7. The molecule has 2 rings (SSSR count). The van der Waals surface area contributed by atoms with Crippen molar-refractivity contribution in [2.45, 2.75) is 32.0 Å². The number of carboxylic acids is 1. The van der Waals surface area contributed by atoms with Crippen LogP contribution in [-0.2, 0) is 11.3 Å². The van der Waals surface area contributed by atoms with Crippen molar-refractivity contribution < 1.29 is 9.90 Å². The lowest BCUT2D eigenvalue weighted by molar-refractivity contribution is -0.138. The lowest BCUT2D eigenvalue weighted by Crippen LogP contribution is -2.55. The van der Waals surface area contributed by atoms with Gasteiger partial charge >= 0.3 is 5.97 Å². The second-order valence-electron chi connectivity index (χ2n) is 4.84. The van der Waals surface area contributed by atoms with Crippen molar-refractivity contribution in [1.29, 1.82) is 0 Å². The van der Waals surface area contributed by atoms with Crippen molar-refractivity contribution in [3.05, 3.63) is 30.1 Å². The molecule has 1 saturated heterocycles. The summed E-state index contributed by atoms with van der Waals surface area (Å²) in [7, 11) is 0. The van der Waals surface area contributed by atoms with Gasteiger partial charge in [-0.25, -0.2) is 0 Å². The van der Waals surface area contributed by atoms with E-state index in [9.17, 15) is 4.79 Å². The molecule has 1 aliphatic rings. The van der Waals surface area contributed by atoms with E-state index in [-0.39, 0.29) is 12.5 Å². The molecule has 0 bridgehead atoms. The molecule has 18 heavy (non-hydrogen) atoms. The lowest BCUT2D eigenvalue weighted by Gasteiger charge is -2.38. The number of carboxylic acid groups (broad SMARTS) is 1. The molecule has 0 aromatic carbocycles. The Morgan fingerprint density at radius 2 is 2.28 bits per heavy atom. The van der Waals surface area contributed by atoms with E-state index in [1.165, 1.54) is 5.56 Å². The van der Waals surface area contributed by atoms with E-state index in [1.807, 2.05) is 12.1 Å². The molecule has 1 aliphatic heterocycles. The normalized spacial score (nSPS) is 24.9. The second kappa shape index (κ2) is 5.93. The van der Waals surface area contributed by atoms with Crippen LogP contribution in [0.5, 0.6) is 0 Å². The minimum Gasteiger partial charge on any atom is -0.481 e. The third kappa shape index (κ3) is 3.51. The second-order valence-corrected chi connectivity index (χ2v) is 4.84.